The van der Waals surface area contributed by atoms with E-state index in [0.717, 1.165) is 12.1 Å². The fourth-order valence-corrected chi connectivity index (χ4v) is 3.13. The second-order valence-corrected chi connectivity index (χ2v) is 8.62. The van der Waals surface area contributed by atoms with Crippen LogP contribution in [-0.4, -0.2) is 39.7 Å². The van der Waals surface area contributed by atoms with Crippen molar-refractivity contribution in [2.45, 2.75) is 39.3 Å². The Morgan fingerprint density at radius 3 is 2.59 bits per heavy atom. The molecule has 0 bridgehead atoms. The Morgan fingerprint density at radius 2 is 1.91 bits per heavy atom. The van der Waals surface area contributed by atoms with Crippen molar-refractivity contribution in [3.05, 3.63) is 64.2 Å². The topological polar surface area (TPSA) is 97.5 Å². The lowest BCUT2D eigenvalue weighted by molar-refractivity contribution is 0.0295. The van der Waals surface area contributed by atoms with Gasteiger partial charge in [-0.3, -0.25) is 9.36 Å². The molecule has 1 aromatic heterocycles. The van der Waals surface area contributed by atoms with Gasteiger partial charge >= 0.3 is 6.09 Å². The fraction of sp³-hybridized carbons (Fsp3) is 0.333. The first-order chi connectivity index (χ1) is 16.0. The van der Waals surface area contributed by atoms with E-state index >= 15 is 0 Å². The number of fused-ring (bicyclic) bond motifs is 1. The quantitative estimate of drug-likeness (QED) is 0.523. The Labute approximate surface area is 195 Å². The third-order valence-electron chi connectivity index (χ3n) is 4.78. The summed E-state index contributed by atoms with van der Waals surface area (Å²) in [4.78, 5) is 30.7. The normalized spacial score (nSPS) is 11.2. The number of hydrogen-bond acceptors (Lipinski definition) is 6. The van der Waals surface area contributed by atoms with Gasteiger partial charge in [0.25, 0.3) is 5.56 Å². The number of nitriles is 1. The van der Waals surface area contributed by atoms with Crippen molar-refractivity contribution in [2.24, 2.45) is 0 Å². The van der Waals surface area contributed by atoms with Crippen LogP contribution in [0.5, 0.6) is 11.5 Å². The molecule has 2 aromatic carbocycles. The highest BCUT2D eigenvalue weighted by Gasteiger charge is 2.19. The number of carbonyl (C=O) groups is 1. The second kappa shape index (κ2) is 9.87. The molecule has 0 aliphatic heterocycles. The number of aromatic nitrogens is 2. The van der Waals surface area contributed by atoms with Gasteiger partial charge in [0.2, 0.25) is 0 Å². The summed E-state index contributed by atoms with van der Waals surface area (Å²) in [5.41, 5.74) is -1.15. The van der Waals surface area contributed by atoms with E-state index in [1.165, 1.54) is 34.0 Å². The van der Waals surface area contributed by atoms with Crippen LogP contribution < -0.4 is 10.3 Å². The van der Waals surface area contributed by atoms with E-state index in [0.29, 0.717) is 18.5 Å². The maximum atomic E-state index is 14.2. The average Bonchev–Trinajstić information content (AvgIpc) is 2.77. The standard InChI is InChI=1S/C24H24F2N4O4/c1-24(2,3)34-23(32)29(4)10-5-11-30-14-28-20-9-6-15(12-16(20)22(30)31)33-21-17(13-27)18(25)7-8-19(21)26/h6-9,12,14H,5,10-11H2,1-4H3. The molecule has 1 heterocycles. The molecule has 1 amide bonds. The predicted molar refractivity (Wildman–Crippen MR) is 121 cm³/mol. The number of rotatable bonds is 6. The van der Waals surface area contributed by atoms with Gasteiger partial charge in [-0.25, -0.2) is 18.6 Å². The zero-order valence-corrected chi connectivity index (χ0v) is 19.3. The van der Waals surface area contributed by atoms with Gasteiger partial charge in [0, 0.05) is 20.1 Å². The maximum absolute atomic E-state index is 14.2. The Kier molecular flexibility index (Phi) is 7.15. The first-order valence-corrected chi connectivity index (χ1v) is 10.5. The minimum atomic E-state index is -0.917. The Balaban J connectivity index is 1.78. The molecule has 0 radical (unpaired) electrons. The van der Waals surface area contributed by atoms with E-state index in [9.17, 15) is 18.4 Å². The summed E-state index contributed by atoms with van der Waals surface area (Å²) in [6, 6.07) is 7.59. The highest BCUT2D eigenvalue weighted by atomic mass is 19.1. The first kappa shape index (κ1) is 24.6. The molecule has 178 valence electrons. The third-order valence-corrected chi connectivity index (χ3v) is 4.78. The lowest BCUT2D eigenvalue weighted by Gasteiger charge is -2.24. The van der Waals surface area contributed by atoms with Crippen LogP contribution in [0.2, 0.25) is 0 Å². The molecule has 3 rings (SSSR count). The summed E-state index contributed by atoms with van der Waals surface area (Å²) in [5.74, 6) is -2.33. The Morgan fingerprint density at radius 1 is 1.21 bits per heavy atom. The van der Waals surface area contributed by atoms with Crippen molar-refractivity contribution in [2.75, 3.05) is 13.6 Å². The number of benzene rings is 2. The average molecular weight is 470 g/mol. The molecule has 0 aliphatic rings. The first-order valence-electron chi connectivity index (χ1n) is 10.5. The van der Waals surface area contributed by atoms with E-state index in [4.69, 9.17) is 14.7 Å². The lowest BCUT2D eigenvalue weighted by Crippen LogP contribution is -2.35. The highest BCUT2D eigenvalue weighted by molar-refractivity contribution is 5.79. The summed E-state index contributed by atoms with van der Waals surface area (Å²) < 4.78 is 40.1. The van der Waals surface area contributed by atoms with Crippen molar-refractivity contribution < 1.29 is 23.0 Å². The van der Waals surface area contributed by atoms with Crippen molar-refractivity contribution in [1.29, 1.82) is 5.26 Å². The maximum Gasteiger partial charge on any atom is 0.410 e. The molecule has 10 heteroatoms. The molecular weight excluding hydrogens is 446 g/mol. The van der Waals surface area contributed by atoms with E-state index < -0.39 is 34.6 Å². The Hall–Kier alpha value is -4.00. The van der Waals surface area contributed by atoms with Crippen LogP contribution in [0.4, 0.5) is 13.6 Å². The molecule has 0 atom stereocenters. The molecule has 0 aliphatic carbocycles. The lowest BCUT2D eigenvalue weighted by atomic mass is 10.2. The summed E-state index contributed by atoms with van der Waals surface area (Å²) in [5, 5.41) is 9.34. The van der Waals surface area contributed by atoms with Crippen molar-refractivity contribution in [3.8, 4) is 17.6 Å². The molecule has 0 unspecified atom stereocenters. The van der Waals surface area contributed by atoms with Crippen LogP contribution >= 0.6 is 0 Å². The van der Waals surface area contributed by atoms with Gasteiger partial charge in [-0.2, -0.15) is 5.26 Å². The van der Waals surface area contributed by atoms with Gasteiger partial charge in [0.1, 0.15) is 28.8 Å². The van der Waals surface area contributed by atoms with Crippen LogP contribution in [0.25, 0.3) is 10.9 Å². The van der Waals surface area contributed by atoms with Crippen molar-refractivity contribution >= 4 is 17.0 Å². The number of aryl methyl sites for hydroxylation is 1. The van der Waals surface area contributed by atoms with E-state index in [2.05, 4.69) is 4.98 Å². The van der Waals surface area contributed by atoms with E-state index in [-0.39, 0.29) is 23.2 Å². The van der Waals surface area contributed by atoms with Crippen LogP contribution in [-0.2, 0) is 11.3 Å². The largest absolute Gasteiger partial charge is 0.453 e. The van der Waals surface area contributed by atoms with Crippen molar-refractivity contribution in [1.82, 2.24) is 14.5 Å². The molecule has 0 spiro atoms. The minimum Gasteiger partial charge on any atom is -0.453 e. The van der Waals surface area contributed by atoms with Crippen molar-refractivity contribution in [3.63, 3.8) is 0 Å². The SMILES string of the molecule is CN(CCCn1cnc2ccc(Oc3c(F)ccc(F)c3C#N)cc2c1=O)C(=O)OC(C)(C)C. The van der Waals surface area contributed by atoms with Gasteiger partial charge in [0.05, 0.1) is 17.2 Å². The Bertz CT molecular complexity index is 1330. The number of nitrogens with zero attached hydrogens (tertiary/aromatic N) is 4. The predicted octanol–water partition coefficient (Wildman–Crippen LogP) is 4.60. The van der Waals surface area contributed by atoms with Crippen LogP contribution in [0, 0.1) is 23.0 Å². The van der Waals surface area contributed by atoms with Gasteiger partial charge < -0.3 is 14.4 Å². The zero-order valence-electron chi connectivity index (χ0n) is 19.3. The molecule has 0 N–H and O–H groups in total. The highest BCUT2D eigenvalue weighted by Crippen LogP contribution is 2.30. The van der Waals surface area contributed by atoms with Crippen LogP contribution in [0.3, 0.4) is 0 Å². The second-order valence-electron chi connectivity index (χ2n) is 8.62. The molecule has 0 saturated heterocycles. The molecule has 0 saturated carbocycles. The summed E-state index contributed by atoms with van der Waals surface area (Å²) in [6.45, 7) is 5.98. The minimum absolute atomic E-state index is 0.0507. The summed E-state index contributed by atoms with van der Waals surface area (Å²) in [7, 11) is 1.61. The van der Waals surface area contributed by atoms with Crippen LogP contribution in [0.1, 0.15) is 32.8 Å². The molecule has 34 heavy (non-hydrogen) atoms. The van der Waals surface area contributed by atoms with Crippen LogP contribution in [0.15, 0.2) is 41.5 Å². The molecule has 0 fully saturated rings. The third kappa shape index (κ3) is 5.67. The van der Waals surface area contributed by atoms with E-state index in [1.807, 2.05) is 0 Å². The monoisotopic (exact) mass is 470 g/mol. The number of carbonyl (C=O) groups excluding carboxylic acids is 1. The number of amides is 1. The van der Waals surface area contributed by atoms with Gasteiger partial charge in [-0.1, -0.05) is 0 Å². The van der Waals surface area contributed by atoms with Gasteiger partial charge in [0.15, 0.2) is 11.6 Å². The number of hydrogen-bond donors (Lipinski definition) is 0. The smallest absolute Gasteiger partial charge is 0.410 e. The molecule has 8 nitrogen and oxygen atoms in total. The summed E-state index contributed by atoms with van der Waals surface area (Å²) >= 11 is 0. The zero-order chi connectivity index (χ0) is 25.0. The van der Waals surface area contributed by atoms with E-state index in [1.54, 1.807) is 33.9 Å². The molecular formula is C24H24F2N4O4. The fourth-order valence-electron chi connectivity index (χ4n) is 3.13. The molecule has 3 aromatic rings. The summed E-state index contributed by atoms with van der Waals surface area (Å²) in [6.07, 6.45) is 1.41. The number of ether oxygens (including phenoxy) is 2. The van der Waals surface area contributed by atoms with Gasteiger partial charge in [-0.05, 0) is 57.5 Å². The number of halogens is 2. The van der Waals surface area contributed by atoms with Gasteiger partial charge in [-0.15, -0.1) is 0 Å².